The van der Waals surface area contributed by atoms with Gasteiger partial charge in [-0.2, -0.15) is 0 Å². The van der Waals surface area contributed by atoms with Gasteiger partial charge in [0.1, 0.15) is 5.75 Å². The molecule has 0 spiro atoms. The highest BCUT2D eigenvalue weighted by Gasteiger charge is 2.22. The Balaban J connectivity index is 2.02. The lowest BCUT2D eigenvalue weighted by molar-refractivity contribution is 0.414. The van der Waals surface area contributed by atoms with E-state index in [-0.39, 0.29) is 17.5 Å². The van der Waals surface area contributed by atoms with Gasteiger partial charge in [0.05, 0.1) is 25.2 Å². The molecule has 0 amide bonds. The zero-order chi connectivity index (χ0) is 22.1. The third-order valence-electron chi connectivity index (χ3n) is 5.43. The first-order valence-electron chi connectivity index (χ1n) is 10.3. The summed E-state index contributed by atoms with van der Waals surface area (Å²) < 4.78 is 9.91. The molecule has 0 bridgehead atoms. The molecule has 160 valence electrons. The Morgan fingerprint density at radius 1 is 0.968 bits per heavy atom. The molecule has 0 aliphatic rings. The lowest BCUT2D eigenvalue weighted by Gasteiger charge is -2.17. The van der Waals surface area contributed by atoms with E-state index in [1.165, 1.54) is 9.13 Å². The van der Waals surface area contributed by atoms with Gasteiger partial charge in [-0.1, -0.05) is 44.2 Å². The standard InChI is InChI=1S/C24H26N4O3/c1-16(2)14-26-23(29)21-22(25-15-27(21)17(3)18-8-6-5-7-9-18)28(24(26)30)19-10-12-20(31-4)13-11-19/h5-13,15-17H,14H2,1-4H3/t17-/m0/s1. The number of hydrogen-bond acceptors (Lipinski definition) is 4. The van der Waals surface area contributed by atoms with E-state index in [1.807, 2.05) is 55.7 Å². The predicted molar refractivity (Wildman–Crippen MR) is 121 cm³/mol. The number of methoxy groups -OCH3 is 1. The van der Waals surface area contributed by atoms with Gasteiger partial charge in [-0.3, -0.25) is 9.36 Å². The van der Waals surface area contributed by atoms with Crippen molar-refractivity contribution in [3.63, 3.8) is 0 Å². The molecule has 0 saturated heterocycles. The van der Waals surface area contributed by atoms with Crippen LogP contribution in [0.3, 0.4) is 0 Å². The summed E-state index contributed by atoms with van der Waals surface area (Å²) in [6.07, 6.45) is 1.64. The molecule has 2 aromatic carbocycles. The number of rotatable bonds is 6. The number of hydrogen-bond donors (Lipinski definition) is 0. The van der Waals surface area contributed by atoms with Gasteiger partial charge in [0, 0.05) is 6.54 Å². The third kappa shape index (κ3) is 3.67. The number of ether oxygens (including phenoxy) is 1. The smallest absolute Gasteiger partial charge is 0.337 e. The van der Waals surface area contributed by atoms with Crippen LogP contribution in [0.15, 0.2) is 70.5 Å². The molecule has 0 saturated carbocycles. The molecule has 0 aliphatic carbocycles. The van der Waals surface area contributed by atoms with Gasteiger partial charge in [-0.15, -0.1) is 0 Å². The minimum absolute atomic E-state index is 0.117. The Kier molecular flexibility index (Phi) is 5.50. The van der Waals surface area contributed by atoms with Crippen LogP contribution in [-0.2, 0) is 6.54 Å². The summed E-state index contributed by atoms with van der Waals surface area (Å²) in [5.41, 5.74) is 1.73. The molecule has 2 aromatic heterocycles. The number of aromatic nitrogens is 4. The Labute approximate surface area is 180 Å². The van der Waals surface area contributed by atoms with Crippen LogP contribution in [0.1, 0.15) is 32.4 Å². The number of benzene rings is 2. The van der Waals surface area contributed by atoms with Crippen molar-refractivity contribution >= 4 is 11.2 Å². The molecule has 2 heterocycles. The van der Waals surface area contributed by atoms with Crippen molar-refractivity contribution in [2.24, 2.45) is 5.92 Å². The molecule has 0 fully saturated rings. The van der Waals surface area contributed by atoms with Crippen molar-refractivity contribution in [2.45, 2.75) is 33.4 Å². The highest BCUT2D eigenvalue weighted by Crippen LogP contribution is 2.23. The summed E-state index contributed by atoms with van der Waals surface area (Å²) in [4.78, 5) is 31.4. The van der Waals surface area contributed by atoms with Gasteiger partial charge >= 0.3 is 5.69 Å². The van der Waals surface area contributed by atoms with Crippen LogP contribution < -0.4 is 16.0 Å². The fraction of sp³-hybridized carbons (Fsp3) is 0.292. The lowest BCUT2D eigenvalue weighted by Crippen LogP contribution is -2.41. The second-order valence-electron chi connectivity index (χ2n) is 8.04. The molecular formula is C24H26N4O3. The van der Waals surface area contributed by atoms with Gasteiger partial charge in [0.15, 0.2) is 11.2 Å². The largest absolute Gasteiger partial charge is 0.497 e. The van der Waals surface area contributed by atoms with E-state index >= 15 is 0 Å². The van der Waals surface area contributed by atoms with Crippen molar-refractivity contribution in [3.05, 3.63) is 87.3 Å². The molecule has 0 N–H and O–H groups in total. The minimum atomic E-state index is -0.394. The van der Waals surface area contributed by atoms with E-state index in [2.05, 4.69) is 4.98 Å². The second kappa shape index (κ2) is 8.26. The molecule has 4 aromatic rings. The van der Waals surface area contributed by atoms with Crippen LogP contribution in [-0.4, -0.2) is 25.8 Å². The van der Waals surface area contributed by atoms with Crippen LogP contribution in [0.2, 0.25) is 0 Å². The second-order valence-corrected chi connectivity index (χ2v) is 8.04. The summed E-state index contributed by atoms with van der Waals surface area (Å²) >= 11 is 0. The maximum atomic E-state index is 13.5. The number of fused-ring (bicyclic) bond motifs is 1. The normalized spacial score (nSPS) is 12.4. The first-order valence-corrected chi connectivity index (χ1v) is 10.3. The molecule has 1 atom stereocenters. The van der Waals surface area contributed by atoms with Gasteiger partial charge < -0.3 is 9.30 Å². The molecule has 7 heteroatoms. The van der Waals surface area contributed by atoms with E-state index < -0.39 is 5.69 Å². The van der Waals surface area contributed by atoms with Gasteiger partial charge in [0.2, 0.25) is 0 Å². The van der Waals surface area contributed by atoms with Gasteiger partial charge in [-0.25, -0.2) is 14.3 Å². The highest BCUT2D eigenvalue weighted by atomic mass is 16.5. The van der Waals surface area contributed by atoms with E-state index in [1.54, 1.807) is 37.7 Å². The van der Waals surface area contributed by atoms with Crippen molar-refractivity contribution in [3.8, 4) is 11.4 Å². The molecule has 0 unspecified atom stereocenters. The summed E-state index contributed by atoms with van der Waals surface area (Å²) in [5, 5.41) is 0. The number of nitrogens with zero attached hydrogens (tertiary/aromatic N) is 4. The van der Waals surface area contributed by atoms with Crippen molar-refractivity contribution in [1.82, 2.24) is 18.7 Å². The molecule has 0 radical (unpaired) electrons. The number of imidazole rings is 1. The Morgan fingerprint density at radius 3 is 2.26 bits per heavy atom. The molecule has 7 nitrogen and oxygen atoms in total. The van der Waals surface area contributed by atoms with Gasteiger partial charge in [-0.05, 0) is 42.7 Å². The van der Waals surface area contributed by atoms with Crippen LogP contribution in [0, 0.1) is 5.92 Å². The summed E-state index contributed by atoms with van der Waals surface area (Å²) in [6.45, 7) is 6.32. The SMILES string of the molecule is COc1ccc(-n2c(=O)n(CC(C)C)c(=O)c3c2ncn3[C@@H](C)c2ccccc2)cc1. The predicted octanol–water partition coefficient (Wildman–Crippen LogP) is 3.62. The first kappa shape index (κ1) is 20.7. The third-order valence-corrected chi connectivity index (χ3v) is 5.43. The molecule has 31 heavy (non-hydrogen) atoms. The fourth-order valence-corrected chi connectivity index (χ4v) is 3.82. The Bertz CT molecular complexity index is 1320. The van der Waals surface area contributed by atoms with Crippen LogP contribution in [0.4, 0.5) is 0 Å². The van der Waals surface area contributed by atoms with Crippen LogP contribution in [0.5, 0.6) is 5.75 Å². The lowest BCUT2D eigenvalue weighted by atomic mass is 10.1. The van der Waals surface area contributed by atoms with Crippen molar-refractivity contribution in [2.75, 3.05) is 7.11 Å². The maximum Gasteiger partial charge on any atom is 0.337 e. The summed E-state index contributed by atoms with van der Waals surface area (Å²) in [7, 11) is 1.59. The first-order chi connectivity index (χ1) is 14.9. The quantitative estimate of drug-likeness (QED) is 0.479. The zero-order valence-corrected chi connectivity index (χ0v) is 18.1. The fourth-order valence-electron chi connectivity index (χ4n) is 3.82. The van der Waals surface area contributed by atoms with Crippen molar-refractivity contribution < 1.29 is 4.74 Å². The summed E-state index contributed by atoms with van der Waals surface area (Å²) in [6, 6.07) is 17.0. The monoisotopic (exact) mass is 418 g/mol. The van der Waals surface area contributed by atoms with Crippen LogP contribution >= 0.6 is 0 Å². The van der Waals surface area contributed by atoms with Crippen molar-refractivity contribution in [1.29, 1.82) is 0 Å². The van der Waals surface area contributed by atoms with E-state index in [0.717, 1.165) is 5.56 Å². The van der Waals surface area contributed by atoms with Crippen LogP contribution in [0.25, 0.3) is 16.9 Å². The average Bonchev–Trinajstić information content (AvgIpc) is 3.22. The Morgan fingerprint density at radius 2 is 1.65 bits per heavy atom. The maximum absolute atomic E-state index is 13.5. The summed E-state index contributed by atoms with van der Waals surface area (Å²) in [5.74, 6) is 0.821. The molecule has 0 aliphatic heterocycles. The molecular weight excluding hydrogens is 392 g/mol. The Hall–Kier alpha value is -3.61. The highest BCUT2D eigenvalue weighted by molar-refractivity contribution is 5.73. The van der Waals surface area contributed by atoms with E-state index in [0.29, 0.717) is 29.1 Å². The van der Waals surface area contributed by atoms with Gasteiger partial charge in [0.25, 0.3) is 5.56 Å². The minimum Gasteiger partial charge on any atom is -0.497 e. The van der Waals surface area contributed by atoms with E-state index in [9.17, 15) is 9.59 Å². The topological polar surface area (TPSA) is 71.1 Å². The zero-order valence-electron chi connectivity index (χ0n) is 18.1. The van der Waals surface area contributed by atoms with E-state index in [4.69, 9.17) is 4.74 Å². The average molecular weight is 418 g/mol. The molecule has 4 rings (SSSR count).